The van der Waals surface area contributed by atoms with E-state index in [0.29, 0.717) is 5.54 Å². The van der Waals surface area contributed by atoms with Gasteiger partial charge in [-0.05, 0) is 74.8 Å². The first-order chi connectivity index (χ1) is 9.22. The molecule has 4 aliphatic rings. The minimum absolute atomic E-state index is 0.457. The summed E-state index contributed by atoms with van der Waals surface area (Å²) in [6, 6.07) is 4.20. The fourth-order valence-electron chi connectivity index (χ4n) is 5.30. The molecule has 19 heavy (non-hydrogen) atoms. The van der Waals surface area contributed by atoms with E-state index in [1.807, 2.05) is 12.3 Å². The Morgan fingerprint density at radius 2 is 1.79 bits per heavy atom. The predicted octanol–water partition coefficient (Wildman–Crippen LogP) is 3.45. The van der Waals surface area contributed by atoms with Crippen LogP contribution in [0, 0.1) is 24.7 Å². The third-order valence-electron chi connectivity index (χ3n) is 5.79. The van der Waals surface area contributed by atoms with Crippen LogP contribution in [0.3, 0.4) is 0 Å². The van der Waals surface area contributed by atoms with E-state index < -0.39 is 0 Å². The number of aromatic nitrogens is 1. The van der Waals surface area contributed by atoms with Crippen molar-refractivity contribution in [1.82, 2.24) is 10.3 Å². The summed E-state index contributed by atoms with van der Waals surface area (Å²) in [6.07, 6.45) is 10.7. The summed E-state index contributed by atoms with van der Waals surface area (Å²) in [5.41, 5.74) is 3.01. The van der Waals surface area contributed by atoms with Crippen molar-refractivity contribution >= 4 is 0 Å². The average Bonchev–Trinajstić information content (AvgIpc) is 2.36. The lowest BCUT2D eigenvalue weighted by molar-refractivity contribution is -0.0207. The van der Waals surface area contributed by atoms with E-state index in [1.54, 1.807) is 0 Å². The molecule has 102 valence electrons. The third kappa shape index (κ3) is 2.10. The van der Waals surface area contributed by atoms with E-state index >= 15 is 0 Å². The van der Waals surface area contributed by atoms with Crippen molar-refractivity contribution in [2.75, 3.05) is 0 Å². The molecule has 0 aliphatic heterocycles. The molecular formula is C17H24N2. The summed E-state index contributed by atoms with van der Waals surface area (Å²) in [5.74, 6) is 3.05. The van der Waals surface area contributed by atoms with E-state index in [1.165, 1.54) is 49.8 Å². The van der Waals surface area contributed by atoms with Gasteiger partial charge in [0.15, 0.2) is 0 Å². The normalized spacial score (nSPS) is 39.7. The van der Waals surface area contributed by atoms with Crippen LogP contribution in [-0.2, 0) is 6.54 Å². The maximum Gasteiger partial charge on any atom is 0.0570 e. The molecule has 4 saturated carbocycles. The van der Waals surface area contributed by atoms with Crippen LogP contribution in [0.25, 0.3) is 0 Å². The SMILES string of the molecule is Cc1cccnc1CNC12CC3CC(CC(C3)C1)C2. The lowest BCUT2D eigenvalue weighted by Gasteiger charge is -2.57. The Kier molecular flexibility index (Phi) is 2.70. The van der Waals surface area contributed by atoms with Gasteiger partial charge < -0.3 is 5.32 Å². The van der Waals surface area contributed by atoms with Gasteiger partial charge in [-0.15, -0.1) is 0 Å². The van der Waals surface area contributed by atoms with Crippen molar-refractivity contribution in [1.29, 1.82) is 0 Å². The predicted molar refractivity (Wildman–Crippen MR) is 76.7 cm³/mol. The van der Waals surface area contributed by atoms with Crippen molar-refractivity contribution in [2.24, 2.45) is 17.8 Å². The van der Waals surface area contributed by atoms with Crippen LogP contribution in [0.15, 0.2) is 18.3 Å². The second-order valence-corrected chi connectivity index (χ2v) is 7.32. The smallest absolute Gasteiger partial charge is 0.0570 e. The molecule has 2 nitrogen and oxygen atoms in total. The van der Waals surface area contributed by atoms with Crippen LogP contribution in [0.1, 0.15) is 49.8 Å². The fraction of sp³-hybridized carbons (Fsp3) is 0.706. The Labute approximate surface area is 116 Å². The first-order valence-corrected chi connectivity index (χ1v) is 7.88. The average molecular weight is 256 g/mol. The number of aryl methyl sites for hydroxylation is 1. The highest BCUT2D eigenvalue weighted by molar-refractivity contribution is 5.18. The highest BCUT2D eigenvalue weighted by Crippen LogP contribution is 2.55. The molecule has 1 heterocycles. The van der Waals surface area contributed by atoms with Crippen molar-refractivity contribution in [3.05, 3.63) is 29.6 Å². The number of rotatable bonds is 3. The Balaban J connectivity index is 1.49. The maximum atomic E-state index is 4.53. The molecule has 1 aromatic heterocycles. The van der Waals surface area contributed by atoms with Crippen molar-refractivity contribution in [3.63, 3.8) is 0 Å². The molecule has 1 aromatic rings. The first-order valence-electron chi connectivity index (χ1n) is 7.88. The van der Waals surface area contributed by atoms with Gasteiger partial charge in [-0.25, -0.2) is 0 Å². The minimum atomic E-state index is 0.457. The van der Waals surface area contributed by atoms with Gasteiger partial charge in [-0.1, -0.05) is 6.07 Å². The molecule has 4 bridgehead atoms. The van der Waals surface area contributed by atoms with Crippen molar-refractivity contribution in [3.8, 4) is 0 Å². The van der Waals surface area contributed by atoms with Crippen LogP contribution in [0.5, 0.6) is 0 Å². The van der Waals surface area contributed by atoms with E-state index in [4.69, 9.17) is 0 Å². The number of pyridine rings is 1. The van der Waals surface area contributed by atoms with Gasteiger partial charge in [0, 0.05) is 18.3 Å². The van der Waals surface area contributed by atoms with E-state index in [9.17, 15) is 0 Å². The standard InChI is InChI=1S/C17H24N2/c1-12-3-2-4-18-16(12)11-19-17-8-13-5-14(9-17)7-15(6-13)10-17/h2-4,13-15,19H,5-11H2,1H3. The largest absolute Gasteiger partial charge is 0.306 e. The summed E-state index contributed by atoms with van der Waals surface area (Å²) in [5, 5.41) is 3.92. The van der Waals surface area contributed by atoms with Crippen molar-refractivity contribution in [2.45, 2.75) is 57.5 Å². The van der Waals surface area contributed by atoms with Crippen molar-refractivity contribution < 1.29 is 0 Å². The Morgan fingerprint density at radius 1 is 1.16 bits per heavy atom. The topological polar surface area (TPSA) is 24.9 Å². The molecule has 4 fully saturated rings. The summed E-state index contributed by atoms with van der Waals surface area (Å²) >= 11 is 0. The first kappa shape index (κ1) is 11.9. The van der Waals surface area contributed by atoms with Gasteiger partial charge in [0.05, 0.1) is 5.69 Å². The zero-order chi connectivity index (χ0) is 12.9. The summed E-state index contributed by atoms with van der Waals surface area (Å²) < 4.78 is 0. The van der Waals surface area contributed by atoms with Gasteiger partial charge in [0.25, 0.3) is 0 Å². The van der Waals surface area contributed by atoms with Crippen LogP contribution in [-0.4, -0.2) is 10.5 Å². The van der Waals surface area contributed by atoms with E-state index in [2.05, 4.69) is 23.3 Å². The molecule has 5 rings (SSSR count). The quantitative estimate of drug-likeness (QED) is 0.896. The van der Waals surface area contributed by atoms with Gasteiger partial charge >= 0.3 is 0 Å². The molecule has 0 radical (unpaired) electrons. The summed E-state index contributed by atoms with van der Waals surface area (Å²) in [7, 11) is 0. The Bertz CT molecular complexity index is 445. The second-order valence-electron chi connectivity index (χ2n) is 7.32. The molecule has 0 atom stereocenters. The molecule has 4 aliphatic carbocycles. The van der Waals surface area contributed by atoms with E-state index in [0.717, 1.165) is 24.3 Å². The molecule has 0 saturated heterocycles. The summed E-state index contributed by atoms with van der Waals surface area (Å²) in [4.78, 5) is 4.53. The van der Waals surface area contributed by atoms with Crippen LogP contribution in [0.4, 0.5) is 0 Å². The maximum absolute atomic E-state index is 4.53. The number of nitrogens with zero attached hydrogens (tertiary/aromatic N) is 1. The zero-order valence-corrected chi connectivity index (χ0v) is 11.9. The third-order valence-corrected chi connectivity index (χ3v) is 5.79. The highest BCUT2D eigenvalue weighted by Gasteiger charge is 2.50. The number of hydrogen-bond donors (Lipinski definition) is 1. The molecule has 1 N–H and O–H groups in total. The van der Waals surface area contributed by atoms with E-state index in [-0.39, 0.29) is 0 Å². The summed E-state index contributed by atoms with van der Waals surface area (Å²) in [6.45, 7) is 3.13. The van der Waals surface area contributed by atoms with Gasteiger partial charge in [-0.2, -0.15) is 0 Å². The van der Waals surface area contributed by atoms with Crippen LogP contribution in [0.2, 0.25) is 0 Å². The molecular weight excluding hydrogens is 232 g/mol. The molecule has 0 unspecified atom stereocenters. The Morgan fingerprint density at radius 3 is 2.37 bits per heavy atom. The molecule has 0 amide bonds. The van der Waals surface area contributed by atoms with Crippen LogP contribution < -0.4 is 5.32 Å². The fourth-order valence-corrected chi connectivity index (χ4v) is 5.30. The van der Waals surface area contributed by atoms with Gasteiger partial charge in [0.1, 0.15) is 0 Å². The molecule has 0 spiro atoms. The lowest BCUT2D eigenvalue weighted by atomic mass is 9.53. The molecule has 0 aromatic carbocycles. The number of nitrogens with one attached hydrogen (secondary N) is 1. The monoisotopic (exact) mass is 256 g/mol. The lowest BCUT2D eigenvalue weighted by Crippen LogP contribution is -2.58. The second kappa shape index (κ2) is 4.31. The molecule has 2 heteroatoms. The zero-order valence-electron chi connectivity index (χ0n) is 11.9. The minimum Gasteiger partial charge on any atom is -0.306 e. The van der Waals surface area contributed by atoms with Gasteiger partial charge in [-0.3, -0.25) is 4.98 Å². The van der Waals surface area contributed by atoms with Crippen LogP contribution >= 0.6 is 0 Å². The Hall–Kier alpha value is -0.890. The number of hydrogen-bond acceptors (Lipinski definition) is 2. The van der Waals surface area contributed by atoms with Gasteiger partial charge in [0.2, 0.25) is 0 Å². The highest BCUT2D eigenvalue weighted by atomic mass is 15.0.